The van der Waals surface area contributed by atoms with Crippen molar-refractivity contribution in [3.63, 3.8) is 0 Å². The van der Waals surface area contributed by atoms with Crippen molar-refractivity contribution in [3.05, 3.63) is 89.0 Å². The third kappa shape index (κ3) is 5.97. The Balaban J connectivity index is 1.21. The second-order valence-corrected chi connectivity index (χ2v) is 10.9. The first kappa shape index (κ1) is 26.1. The van der Waals surface area contributed by atoms with Crippen LogP contribution in [0.25, 0.3) is 10.6 Å². The van der Waals surface area contributed by atoms with Crippen LogP contribution in [0.4, 0.5) is 13.9 Å². The molecule has 1 unspecified atom stereocenters. The van der Waals surface area contributed by atoms with E-state index in [1.165, 1.54) is 47.0 Å². The average molecular weight is 553 g/mol. The van der Waals surface area contributed by atoms with Crippen LogP contribution in [0.2, 0.25) is 0 Å². The van der Waals surface area contributed by atoms with Crippen LogP contribution >= 0.6 is 23.3 Å². The summed E-state index contributed by atoms with van der Waals surface area (Å²) in [6.45, 7) is 2.85. The van der Waals surface area contributed by atoms with E-state index in [0.29, 0.717) is 12.8 Å². The molecule has 0 saturated heterocycles. The zero-order valence-corrected chi connectivity index (χ0v) is 22.5. The number of nitrogens with zero attached hydrogens (tertiary/aromatic N) is 2. The van der Waals surface area contributed by atoms with Gasteiger partial charge in [0.2, 0.25) is 5.13 Å². The number of halogens is 2. The van der Waals surface area contributed by atoms with Crippen LogP contribution in [0.1, 0.15) is 40.9 Å². The summed E-state index contributed by atoms with van der Waals surface area (Å²) in [6, 6.07) is 20.0. The first-order valence-corrected chi connectivity index (χ1v) is 13.8. The van der Waals surface area contributed by atoms with Gasteiger partial charge in [-0.15, -0.1) is 10.2 Å². The van der Waals surface area contributed by atoms with Gasteiger partial charge in [0.25, 0.3) is 11.8 Å². The minimum Gasteiger partial charge on any atom is -0.493 e. The fourth-order valence-corrected chi connectivity index (χ4v) is 5.82. The first-order chi connectivity index (χ1) is 18.3. The molecule has 0 bridgehead atoms. The van der Waals surface area contributed by atoms with Crippen molar-refractivity contribution in [2.45, 2.75) is 43.5 Å². The number of ether oxygens (including phenoxy) is 1. The summed E-state index contributed by atoms with van der Waals surface area (Å²) < 4.78 is 36.3. The normalized spacial score (nSPS) is 14.7. The summed E-state index contributed by atoms with van der Waals surface area (Å²) in [6.07, 6.45) is 1.38. The fourth-order valence-electron chi connectivity index (χ4n) is 4.35. The Hall–Kier alpha value is -3.50. The largest absolute Gasteiger partial charge is 0.493 e. The number of hydrogen-bond donors (Lipinski definition) is 2. The van der Waals surface area contributed by atoms with Gasteiger partial charge in [-0.05, 0) is 67.1 Å². The summed E-state index contributed by atoms with van der Waals surface area (Å²) in [7, 11) is 0. The highest BCUT2D eigenvalue weighted by atomic mass is 32.2. The van der Waals surface area contributed by atoms with Crippen LogP contribution in [0.5, 0.6) is 5.75 Å². The fraction of sp³-hybridized carbons (Fsp3) is 0.250. The molecule has 3 aromatic carbocycles. The average Bonchev–Trinajstić information content (AvgIpc) is 3.54. The van der Waals surface area contributed by atoms with Crippen LogP contribution < -0.4 is 14.8 Å². The van der Waals surface area contributed by atoms with E-state index < -0.39 is 5.92 Å². The number of benzene rings is 3. The molecule has 0 saturated carbocycles. The molecular formula is C28H26F2N4O2S2. The van der Waals surface area contributed by atoms with E-state index in [9.17, 15) is 13.6 Å². The maximum absolute atomic E-state index is 13.8. The van der Waals surface area contributed by atoms with Crippen LogP contribution in [0.15, 0.2) is 71.6 Å². The van der Waals surface area contributed by atoms with Gasteiger partial charge in [0.05, 0.1) is 12.2 Å². The standard InChI is InChI=1S/C28H26F2N4O2S2/c1-3-36-24-16-20(28(2,29)30)10-12-23(24)25(35)31-21-13-18-9-11-22(15-19(18)14-21)38-34-27-33-32-26(37-27)17-7-5-4-6-8-17/h4-12,15-16,21H,3,13-14H2,1-2H3,(H,31,35)(H,33,34). The molecule has 2 N–H and O–H groups in total. The van der Waals surface area contributed by atoms with Gasteiger partial charge in [-0.1, -0.05) is 53.8 Å². The predicted octanol–water partition coefficient (Wildman–Crippen LogP) is 6.73. The van der Waals surface area contributed by atoms with Gasteiger partial charge in [0, 0.05) is 29.0 Å². The quantitative estimate of drug-likeness (QED) is 0.224. The lowest BCUT2D eigenvalue weighted by atomic mass is 10.0. The van der Waals surface area contributed by atoms with E-state index in [1.54, 1.807) is 6.92 Å². The molecule has 1 amide bonds. The number of aromatic nitrogens is 2. The molecule has 1 aliphatic rings. The third-order valence-electron chi connectivity index (χ3n) is 6.18. The lowest BCUT2D eigenvalue weighted by molar-refractivity contribution is 0.0171. The van der Waals surface area contributed by atoms with Crippen molar-refractivity contribution in [2.75, 3.05) is 11.3 Å². The predicted molar refractivity (Wildman–Crippen MR) is 147 cm³/mol. The molecule has 5 rings (SSSR count). The van der Waals surface area contributed by atoms with Gasteiger partial charge in [0.1, 0.15) is 10.8 Å². The molecule has 1 atom stereocenters. The van der Waals surface area contributed by atoms with Gasteiger partial charge < -0.3 is 14.8 Å². The SMILES string of the molecule is CCOc1cc(C(C)(F)F)ccc1C(=O)NC1Cc2ccc(SNc3nnc(-c4ccccc4)s3)cc2C1. The van der Waals surface area contributed by atoms with Gasteiger partial charge in [0.15, 0.2) is 0 Å². The van der Waals surface area contributed by atoms with Crippen LogP contribution in [-0.4, -0.2) is 28.8 Å². The number of amides is 1. The molecule has 0 fully saturated rings. The van der Waals surface area contributed by atoms with Gasteiger partial charge >= 0.3 is 0 Å². The summed E-state index contributed by atoms with van der Waals surface area (Å²) >= 11 is 2.95. The van der Waals surface area contributed by atoms with Crippen LogP contribution in [-0.2, 0) is 18.8 Å². The highest BCUT2D eigenvalue weighted by Crippen LogP contribution is 2.33. The molecule has 4 aromatic rings. The maximum atomic E-state index is 13.8. The Kier molecular flexibility index (Phi) is 7.62. The van der Waals surface area contributed by atoms with E-state index in [0.717, 1.165) is 33.1 Å². The van der Waals surface area contributed by atoms with E-state index in [-0.39, 0.29) is 35.4 Å². The lowest BCUT2D eigenvalue weighted by Crippen LogP contribution is -2.35. The Morgan fingerprint density at radius 3 is 2.63 bits per heavy atom. The molecule has 196 valence electrons. The topological polar surface area (TPSA) is 76.1 Å². The Morgan fingerprint density at radius 1 is 1.08 bits per heavy atom. The Bertz CT molecular complexity index is 1440. The molecule has 10 heteroatoms. The zero-order valence-electron chi connectivity index (χ0n) is 20.8. The number of hydrogen-bond acceptors (Lipinski definition) is 7. The summed E-state index contributed by atoms with van der Waals surface area (Å²) in [5.74, 6) is -3.19. The van der Waals surface area contributed by atoms with E-state index in [4.69, 9.17) is 4.74 Å². The Morgan fingerprint density at radius 2 is 1.87 bits per heavy atom. The maximum Gasteiger partial charge on any atom is 0.270 e. The lowest BCUT2D eigenvalue weighted by Gasteiger charge is -2.17. The molecule has 0 radical (unpaired) electrons. The number of carbonyl (C=O) groups is 1. The van der Waals surface area contributed by atoms with Crippen LogP contribution in [0.3, 0.4) is 0 Å². The highest BCUT2D eigenvalue weighted by Gasteiger charge is 2.28. The molecule has 6 nitrogen and oxygen atoms in total. The van der Waals surface area contributed by atoms with Gasteiger partial charge in [-0.3, -0.25) is 4.79 Å². The van der Waals surface area contributed by atoms with E-state index >= 15 is 0 Å². The first-order valence-electron chi connectivity index (χ1n) is 12.2. The second-order valence-electron chi connectivity index (χ2n) is 9.02. The third-order valence-corrected chi connectivity index (χ3v) is 7.98. The van der Waals surface area contributed by atoms with Crippen molar-refractivity contribution < 1.29 is 18.3 Å². The van der Waals surface area contributed by atoms with E-state index in [1.807, 2.05) is 36.4 Å². The monoisotopic (exact) mass is 552 g/mol. The summed E-state index contributed by atoms with van der Waals surface area (Å²) in [5.41, 5.74) is 3.43. The van der Waals surface area contributed by atoms with Crippen molar-refractivity contribution in [1.29, 1.82) is 0 Å². The zero-order chi connectivity index (χ0) is 26.7. The van der Waals surface area contributed by atoms with Crippen LogP contribution in [0, 0.1) is 0 Å². The molecule has 1 aliphatic carbocycles. The second kappa shape index (κ2) is 11.1. The van der Waals surface area contributed by atoms with Gasteiger partial charge in [-0.25, -0.2) is 8.78 Å². The number of fused-ring (bicyclic) bond motifs is 1. The number of nitrogens with one attached hydrogen (secondary N) is 2. The van der Waals surface area contributed by atoms with Crippen molar-refractivity contribution in [3.8, 4) is 16.3 Å². The molecular weight excluding hydrogens is 526 g/mol. The van der Waals surface area contributed by atoms with Crippen molar-refractivity contribution >= 4 is 34.3 Å². The molecule has 1 aromatic heterocycles. The Labute approximate surface area is 228 Å². The molecule has 1 heterocycles. The number of anilines is 1. The number of alkyl halides is 2. The summed E-state index contributed by atoms with van der Waals surface area (Å²) in [5, 5.41) is 13.1. The van der Waals surface area contributed by atoms with Crippen molar-refractivity contribution in [2.24, 2.45) is 0 Å². The smallest absolute Gasteiger partial charge is 0.270 e. The van der Waals surface area contributed by atoms with Crippen molar-refractivity contribution in [1.82, 2.24) is 15.5 Å². The molecule has 38 heavy (non-hydrogen) atoms. The molecule has 0 aliphatic heterocycles. The minimum absolute atomic E-state index is 0.0935. The van der Waals surface area contributed by atoms with E-state index in [2.05, 4.69) is 32.4 Å². The highest BCUT2D eigenvalue weighted by molar-refractivity contribution is 8.00. The minimum atomic E-state index is -3.02. The summed E-state index contributed by atoms with van der Waals surface area (Å²) in [4.78, 5) is 14.1. The van der Waals surface area contributed by atoms with Gasteiger partial charge in [-0.2, -0.15) is 0 Å². The number of carbonyl (C=O) groups excluding carboxylic acids is 1. The molecule has 0 spiro atoms. The number of rotatable bonds is 9.